The molecule has 0 saturated carbocycles. The fraction of sp³-hybridized carbons (Fsp3) is 0.333. The van der Waals surface area contributed by atoms with Gasteiger partial charge in [-0.3, -0.25) is 4.79 Å². The fourth-order valence-corrected chi connectivity index (χ4v) is 3.11. The molecule has 2 heterocycles. The van der Waals surface area contributed by atoms with E-state index >= 15 is 0 Å². The number of halogens is 3. The van der Waals surface area contributed by atoms with E-state index in [0.717, 1.165) is 11.0 Å². The van der Waals surface area contributed by atoms with Gasteiger partial charge in [-0.2, -0.15) is 0 Å². The van der Waals surface area contributed by atoms with Crippen LogP contribution in [0.15, 0.2) is 47.1 Å². The van der Waals surface area contributed by atoms with Crippen LogP contribution in [0.2, 0.25) is 0 Å². The standard InChI is InChI=1S/C18H20BrN3O2.2ClH/c1-12-13(2)22(9-8-20-12)18(23)14-6-7-17(21-11-14)24-16-5-3-4-15(19)10-16;;/h3-7,10-13,20H,8-9H2,1-2H3;2*1H. The molecule has 2 unspecified atom stereocenters. The van der Waals surface area contributed by atoms with E-state index in [1.165, 1.54) is 0 Å². The topological polar surface area (TPSA) is 54.5 Å². The lowest BCUT2D eigenvalue weighted by Crippen LogP contribution is -2.57. The van der Waals surface area contributed by atoms with E-state index in [2.05, 4.69) is 40.1 Å². The number of carbonyl (C=O) groups excluding carboxylic acids is 1. The number of amides is 1. The van der Waals surface area contributed by atoms with E-state index in [1.54, 1.807) is 18.3 Å². The largest absolute Gasteiger partial charge is 0.439 e. The van der Waals surface area contributed by atoms with Crippen molar-refractivity contribution in [2.45, 2.75) is 25.9 Å². The van der Waals surface area contributed by atoms with Crippen molar-refractivity contribution in [2.75, 3.05) is 13.1 Å². The second-order valence-corrected chi connectivity index (χ2v) is 6.84. The van der Waals surface area contributed by atoms with Crippen LogP contribution in [0.1, 0.15) is 24.2 Å². The molecule has 1 aliphatic rings. The average Bonchev–Trinajstić information content (AvgIpc) is 2.57. The summed E-state index contributed by atoms with van der Waals surface area (Å²) in [5, 5.41) is 3.38. The Labute approximate surface area is 174 Å². The van der Waals surface area contributed by atoms with Gasteiger partial charge >= 0.3 is 0 Å². The summed E-state index contributed by atoms with van der Waals surface area (Å²) in [6, 6.07) is 11.5. The van der Waals surface area contributed by atoms with Gasteiger partial charge < -0.3 is 15.0 Å². The highest BCUT2D eigenvalue weighted by Gasteiger charge is 2.28. The number of pyridine rings is 1. The molecule has 2 atom stereocenters. The zero-order valence-corrected chi connectivity index (χ0v) is 17.7. The summed E-state index contributed by atoms with van der Waals surface area (Å²) < 4.78 is 6.64. The summed E-state index contributed by atoms with van der Waals surface area (Å²) in [5.74, 6) is 1.17. The van der Waals surface area contributed by atoms with Crippen molar-refractivity contribution in [1.82, 2.24) is 15.2 Å². The van der Waals surface area contributed by atoms with E-state index < -0.39 is 0 Å². The number of nitrogens with one attached hydrogen (secondary N) is 1. The van der Waals surface area contributed by atoms with Crippen LogP contribution in [-0.2, 0) is 0 Å². The van der Waals surface area contributed by atoms with Crippen molar-refractivity contribution in [3.05, 3.63) is 52.6 Å². The van der Waals surface area contributed by atoms with Gasteiger partial charge in [-0.1, -0.05) is 22.0 Å². The van der Waals surface area contributed by atoms with Crippen molar-refractivity contribution < 1.29 is 9.53 Å². The number of piperazine rings is 1. The van der Waals surface area contributed by atoms with Gasteiger partial charge in [0.05, 0.1) is 5.56 Å². The molecule has 1 saturated heterocycles. The Kier molecular flexibility index (Phi) is 8.83. The van der Waals surface area contributed by atoms with Crippen LogP contribution < -0.4 is 10.1 Å². The highest BCUT2D eigenvalue weighted by atomic mass is 79.9. The first-order valence-corrected chi connectivity index (χ1v) is 8.78. The maximum absolute atomic E-state index is 12.7. The Morgan fingerprint density at radius 3 is 2.69 bits per heavy atom. The molecule has 0 bridgehead atoms. The minimum Gasteiger partial charge on any atom is -0.439 e. The Hall–Kier alpha value is -1.34. The smallest absolute Gasteiger partial charge is 0.255 e. The highest BCUT2D eigenvalue weighted by Crippen LogP contribution is 2.23. The molecule has 0 spiro atoms. The third kappa shape index (κ3) is 5.33. The summed E-state index contributed by atoms with van der Waals surface area (Å²) in [6.45, 7) is 5.68. The molecule has 0 aliphatic carbocycles. The maximum Gasteiger partial charge on any atom is 0.255 e. The van der Waals surface area contributed by atoms with E-state index in [4.69, 9.17) is 4.74 Å². The van der Waals surface area contributed by atoms with Crippen molar-refractivity contribution in [3.8, 4) is 11.6 Å². The number of nitrogens with zero attached hydrogens (tertiary/aromatic N) is 2. The maximum atomic E-state index is 12.7. The van der Waals surface area contributed by atoms with Gasteiger partial charge in [-0.05, 0) is 38.1 Å². The Morgan fingerprint density at radius 1 is 1.27 bits per heavy atom. The molecule has 1 N–H and O–H groups in total. The first-order valence-electron chi connectivity index (χ1n) is 7.98. The van der Waals surface area contributed by atoms with Crippen LogP contribution in [0, 0.1) is 0 Å². The predicted molar refractivity (Wildman–Crippen MR) is 111 cm³/mol. The summed E-state index contributed by atoms with van der Waals surface area (Å²) in [6.07, 6.45) is 1.58. The number of carbonyl (C=O) groups is 1. The first kappa shape index (κ1) is 22.7. The number of hydrogen-bond donors (Lipinski definition) is 1. The second kappa shape index (κ2) is 10.1. The number of aromatic nitrogens is 1. The summed E-state index contributed by atoms with van der Waals surface area (Å²) in [7, 11) is 0. The molecule has 1 aromatic heterocycles. The zero-order valence-electron chi connectivity index (χ0n) is 14.5. The zero-order chi connectivity index (χ0) is 17.1. The van der Waals surface area contributed by atoms with E-state index in [-0.39, 0.29) is 42.8 Å². The van der Waals surface area contributed by atoms with E-state index in [0.29, 0.717) is 23.7 Å². The second-order valence-electron chi connectivity index (χ2n) is 5.93. The fourth-order valence-electron chi connectivity index (χ4n) is 2.73. The van der Waals surface area contributed by atoms with Gasteiger partial charge in [0.15, 0.2) is 0 Å². The van der Waals surface area contributed by atoms with Crippen LogP contribution in [0.5, 0.6) is 11.6 Å². The van der Waals surface area contributed by atoms with Crippen molar-refractivity contribution in [2.24, 2.45) is 0 Å². The summed E-state index contributed by atoms with van der Waals surface area (Å²) in [4.78, 5) is 18.8. The minimum absolute atomic E-state index is 0. The number of ether oxygens (including phenoxy) is 1. The highest BCUT2D eigenvalue weighted by molar-refractivity contribution is 9.10. The normalized spacial score (nSPS) is 19.1. The summed E-state index contributed by atoms with van der Waals surface area (Å²) >= 11 is 3.40. The third-order valence-corrected chi connectivity index (χ3v) is 4.79. The minimum atomic E-state index is 0. The number of hydrogen-bond acceptors (Lipinski definition) is 4. The Balaban J connectivity index is 0.00000169. The van der Waals surface area contributed by atoms with Crippen LogP contribution in [0.4, 0.5) is 0 Å². The molecule has 1 fully saturated rings. The lowest BCUT2D eigenvalue weighted by Gasteiger charge is -2.38. The van der Waals surface area contributed by atoms with Gasteiger partial charge in [-0.15, -0.1) is 24.8 Å². The molecule has 26 heavy (non-hydrogen) atoms. The molecular formula is C18H22BrCl2N3O2. The van der Waals surface area contributed by atoms with Crippen molar-refractivity contribution >= 4 is 46.7 Å². The molecule has 2 aromatic rings. The Bertz CT molecular complexity index is 731. The quantitative estimate of drug-likeness (QED) is 0.738. The number of benzene rings is 1. The molecule has 1 aliphatic heterocycles. The van der Waals surface area contributed by atoms with Gasteiger partial charge in [0.2, 0.25) is 5.88 Å². The molecule has 1 amide bonds. The number of rotatable bonds is 3. The lowest BCUT2D eigenvalue weighted by molar-refractivity contribution is 0.0602. The van der Waals surface area contributed by atoms with E-state index in [1.807, 2.05) is 29.2 Å². The van der Waals surface area contributed by atoms with Crippen molar-refractivity contribution in [1.29, 1.82) is 0 Å². The van der Waals surface area contributed by atoms with E-state index in [9.17, 15) is 4.79 Å². The summed E-state index contributed by atoms with van der Waals surface area (Å²) in [5.41, 5.74) is 0.581. The monoisotopic (exact) mass is 461 g/mol. The molecule has 1 aromatic carbocycles. The first-order chi connectivity index (χ1) is 11.5. The van der Waals surface area contributed by atoms with Gasteiger partial charge in [0.25, 0.3) is 5.91 Å². The van der Waals surface area contributed by atoms with Crippen molar-refractivity contribution in [3.63, 3.8) is 0 Å². The van der Waals surface area contributed by atoms with Crippen LogP contribution in [-0.4, -0.2) is 41.0 Å². The molecule has 3 rings (SSSR count). The van der Waals surface area contributed by atoms with Gasteiger partial charge in [0, 0.05) is 41.9 Å². The van der Waals surface area contributed by atoms with Crippen LogP contribution >= 0.6 is 40.7 Å². The molecule has 5 nitrogen and oxygen atoms in total. The lowest BCUT2D eigenvalue weighted by atomic mass is 10.1. The molecule has 0 radical (unpaired) electrons. The van der Waals surface area contributed by atoms with Gasteiger partial charge in [-0.25, -0.2) is 4.98 Å². The molecule has 8 heteroatoms. The average molecular weight is 463 g/mol. The predicted octanol–water partition coefficient (Wildman–Crippen LogP) is 4.30. The Morgan fingerprint density at radius 2 is 2.04 bits per heavy atom. The van der Waals surface area contributed by atoms with Crippen LogP contribution in [0.3, 0.4) is 0 Å². The SMILES string of the molecule is CC1NCCN(C(=O)c2ccc(Oc3cccc(Br)c3)nc2)C1C.Cl.Cl. The van der Waals surface area contributed by atoms with Crippen LogP contribution in [0.25, 0.3) is 0 Å². The van der Waals surface area contributed by atoms with Gasteiger partial charge in [0.1, 0.15) is 5.75 Å². The molecule has 142 valence electrons. The third-order valence-electron chi connectivity index (χ3n) is 4.30. The molecular weight excluding hydrogens is 441 g/mol.